The first-order valence-corrected chi connectivity index (χ1v) is 7.76. The molecule has 0 bridgehead atoms. The van der Waals surface area contributed by atoms with Crippen LogP contribution in [0.2, 0.25) is 0 Å². The molecule has 2 aliphatic rings. The number of nitrogens with two attached hydrogens (primary N) is 1. The van der Waals surface area contributed by atoms with Gasteiger partial charge in [-0.25, -0.2) is 0 Å². The number of aryl methyl sites for hydroxylation is 1. The number of hydrogen-bond acceptors (Lipinski definition) is 3. The van der Waals surface area contributed by atoms with Crippen molar-refractivity contribution >= 4 is 5.69 Å². The van der Waals surface area contributed by atoms with Gasteiger partial charge in [-0.15, -0.1) is 0 Å². The van der Waals surface area contributed by atoms with Crippen molar-refractivity contribution in [2.24, 2.45) is 11.7 Å². The van der Waals surface area contributed by atoms with E-state index in [1.165, 1.54) is 24.1 Å². The van der Waals surface area contributed by atoms with Crippen molar-refractivity contribution in [2.45, 2.75) is 44.1 Å². The smallest absolute Gasteiger partial charge is 0.107 e. The first-order valence-electron chi connectivity index (χ1n) is 7.76. The van der Waals surface area contributed by atoms with Gasteiger partial charge in [0.2, 0.25) is 0 Å². The van der Waals surface area contributed by atoms with E-state index in [9.17, 15) is 5.26 Å². The van der Waals surface area contributed by atoms with E-state index in [0.29, 0.717) is 5.92 Å². The maximum atomic E-state index is 9.30. The van der Waals surface area contributed by atoms with Gasteiger partial charge in [-0.05, 0) is 49.7 Å². The average Bonchev–Trinajstić information content (AvgIpc) is 2.87. The molecule has 3 nitrogen and oxygen atoms in total. The molecule has 0 aromatic heterocycles. The van der Waals surface area contributed by atoms with E-state index in [4.69, 9.17) is 5.73 Å². The van der Waals surface area contributed by atoms with Crippen molar-refractivity contribution in [3.05, 3.63) is 29.8 Å². The van der Waals surface area contributed by atoms with Crippen LogP contribution in [0.5, 0.6) is 0 Å². The maximum Gasteiger partial charge on any atom is 0.107 e. The lowest BCUT2D eigenvalue weighted by Crippen LogP contribution is -2.43. The molecule has 1 aromatic rings. The number of hydrogen-bond donors (Lipinski definition) is 1. The molecule has 2 unspecified atom stereocenters. The van der Waals surface area contributed by atoms with Crippen LogP contribution in [-0.2, 0) is 6.42 Å². The van der Waals surface area contributed by atoms with Crippen LogP contribution in [0.4, 0.5) is 5.69 Å². The standard InChI is InChI=1S/C17H23N3/c18-13-17(19)10-3-7-15(17)9-12-20-11-4-6-14-5-1-2-8-16(14)20/h1-2,5,8,15H,3-4,6-7,9-12,19H2. The number of nitriles is 1. The Bertz CT molecular complexity index is 519. The quantitative estimate of drug-likeness (QED) is 0.918. The summed E-state index contributed by atoms with van der Waals surface area (Å²) in [6, 6.07) is 11.1. The highest BCUT2D eigenvalue weighted by Crippen LogP contribution is 2.36. The van der Waals surface area contributed by atoms with Crippen LogP contribution in [0.1, 0.15) is 37.7 Å². The van der Waals surface area contributed by atoms with Gasteiger partial charge >= 0.3 is 0 Å². The van der Waals surface area contributed by atoms with E-state index in [1.54, 1.807) is 0 Å². The molecule has 0 saturated heterocycles. The molecule has 2 atom stereocenters. The summed E-state index contributed by atoms with van der Waals surface area (Å²) in [5.41, 5.74) is 8.51. The topological polar surface area (TPSA) is 53.1 Å². The highest BCUT2D eigenvalue weighted by atomic mass is 15.1. The summed E-state index contributed by atoms with van der Waals surface area (Å²) in [6.45, 7) is 2.16. The first kappa shape index (κ1) is 13.5. The summed E-state index contributed by atoms with van der Waals surface area (Å²) in [5, 5.41) is 9.30. The molecule has 106 valence electrons. The fraction of sp³-hybridized carbons (Fsp3) is 0.588. The summed E-state index contributed by atoms with van der Waals surface area (Å²) in [5.74, 6) is 0.363. The Morgan fingerprint density at radius 2 is 2.20 bits per heavy atom. The zero-order valence-corrected chi connectivity index (χ0v) is 12.0. The van der Waals surface area contributed by atoms with E-state index in [2.05, 4.69) is 35.2 Å². The number of fused-ring (bicyclic) bond motifs is 1. The summed E-state index contributed by atoms with van der Waals surface area (Å²) in [7, 11) is 0. The minimum Gasteiger partial charge on any atom is -0.371 e. The Hall–Kier alpha value is -1.53. The zero-order chi connectivity index (χ0) is 14.0. The van der Waals surface area contributed by atoms with Crippen molar-refractivity contribution in [3.63, 3.8) is 0 Å². The Balaban J connectivity index is 1.67. The third-order valence-corrected chi connectivity index (χ3v) is 5.03. The molecule has 2 N–H and O–H groups in total. The Morgan fingerprint density at radius 1 is 1.35 bits per heavy atom. The van der Waals surface area contributed by atoms with Crippen LogP contribution < -0.4 is 10.6 Å². The summed E-state index contributed by atoms with van der Waals surface area (Å²) in [6.07, 6.45) is 6.54. The van der Waals surface area contributed by atoms with E-state index < -0.39 is 5.54 Å². The fourth-order valence-electron chi connectivity index (χ4n) is 3.81. The number of para-hydroxylation sites is 1. The molecule has 3 heteroatoms. The van der Waals surface area contributed by atoms with Gasteiger partial charge < -0.3 is 10.6 Å². The first-order chi connectivity index (χ1) is 9.73. The van der Waals surface area contributed by atoms with Crippen molar-refractivity contribution in [3.8, 4) is 6.07 Å². The van der Waals surface area contributed by atoms with Gasteiger partial charge in [-0.2, -0.15) is 5.26 Å². The molecule has 20 heavy (non-hydrogen) atoms. The van der Waals surface area contributed by atoms with Gasteiger partial charge in [0.15, 0.2) is 0 Å². The van der Waals surface area contributed by atoms with Crippen LogP contribution >= 0.6 is 0 Å². The Kier molecular flexibility index (Phi) is 3.67. The normalized spacial score (nSPS) is 29.0. The highest BCUT2D eigenvalue weighted by molar-refractivity contribution is 5.55. The van der Waals surface area contributed by atoms with Crippen LogP contribution in [0.3, 0.4) is 0 Å². The van der Waals surface area contributed by atoms with Crippen LogP contribution in [-0.4, -0.2) is 18.6 Å². The summed E-state index contributed by atoms with van der Waals surface area (Å²) >= 11 is 0. The second-order valence-electron chi connectivity index (χ2n) is 6.25. The highest BCUT2D eigenvalue weighted by Gasteiger charge is 2.39. The number of benzene rings is 1. The van der Waals surface area contributed by atoms with E-state index in [1.807, 2.05) is 0 Å². The predicted octanol–water partition coefficient (Wildman–Crippen LogP) is 2.85. The molecule has 1 saturated carbocycles. The molecule has 1 aliphatic carbocycles. The van der Waals surface area contributed by atoms with Gasteiger partial charge in [0, 0.05) is 18.8 Å². The lowest BCUT2D eigenvalue weighted by atomic mass is 9.86. The minimum atomic E-state index is -0.574. The van der Waals surface area contributed by atoms with Crippen molar-refractivity contribution in [2.75, 3.05) is 18.0 Å². The second kappa shape index (κ2) is 5.46. The lowest BCUT2D eigenvalue weighted by molar-refractivity contribution is 0.373. The van der Waals surface area contributed by atoms with Gasteiger partial charge in [-0.3, -0.25) is 0 Å². The minimum absolute atomic E-state index is 0.363. The van der Waals surface area contributed by atoms with Crippen molar-refractivity contribution in [1.29, 1.82) is 5.26 Å². The number of nitrogens with zero attached hydrogens (tertiary/aromatic N) is 2. The third kappa shape index (κ3) is 2.41. The van der Waals surface area contributed by atoms with Gasteiger partial charge in [-0.1, -0.05) is 24.6 Å². The molecule has 0 spiro atoms. The Morgan fingerprint density at radius 3 is 3.05 bits per heavy atom. The van der Waals surface area contributed by atoms with Crippen molar-refractivity contribution in [1.82, 2.24) is 0 Å². The molecule has 0 radical (unpaired) electrons. The second-order valence-corrected chi connectivity index (χ2v) is 6.25. The van der Waals surface area contributed by atoms with E-state index >= 15 is 0 Å². The largest absolute Gasteiger partial charge is 0.371 e. The van der Waals surface area contributed by atoms with E-state index in [-0.39, 0.29) is 0 Å². The van der Waals surface area contributed by atoms with Crippen LogP contribution in [0, 0.1) is 17.2 Å². The molecule has 1 aliphatic heterocycles. The molecule has 1 aromatic carbocycles. The monoisotopic (exact) mass is 269 g/mol. The third-order valence-electron chi connectivity index (χ3n) is 5.03. The molecular formula is C17H23N3. The maximum absolute atomic E-state index is 9.30. The average molecular weight is 269 g/mol. The van der Waals surface area contributed by atoms with Crippen molar-refractivity contribution < 1.29 is 0 Å². The Labute approximate surface area is 121 Å². The molecule has 3 rings (SSSR count). The fourth-order valence-corrected chi connectivity index (χ4v) is 3.81. The van der Waals surface area contributed by atoms with Crippen LogP contribution in [0.15, 0.2) is 24.3 Å². The molecule has 0 amide bonds. The summed E-state index contributed by atoms with van der Waals surface area (Å²) in [4.78, 5) is 2.48. The molecular weight excluding hydrogens is 246 g/mol. The van der Waals surface area contributed by atoms with Gasteiger partial charge in [0.05, 0.1) is 6.07 Å². The van der Waals surface area contributed by atoms with E-state index in [0.717, 1.165) is 38.8 Å². The molecule has 1 heterocycles. The lowest BCUT2D eigenvalue weighted by Gasteiger charge is -2.33. The van der Waals surface area contributed by atoms with Crippen LogP contribution in [0.25, 0.3) is 0 Å². The number of rotatable bonds is 3. The summed E-state index contributed by atoms with van der Waals surface area (Å²) < 4.78 is 0. The molecule has 1 fully saturated rings. The number of anilines is 1. The zero-order valence-electron chi connectivity index (χ0n) is 12.0. The predicted molar refractivity (Wildman–Crippen MR) is 81.5 cm³/mol. The van der Waals surface area contributed by atoms with Gasteiger partial charge in [0.1, 0.15) is 5.54 Å². The van der Waals surface area contributed by atoms with Gasteiger partial charge in [0.25, 0.3) is 0 Å². The SMILES string of the molecule is N#CC1(N)CCCC1CCN1CCCc2ccccc21.